The number of benzene rings is 1. The summed E-state index contributed by atoms with van der Waals surface area (Å²) in [6.07, 6.45) is 1.71. The van der Waals surface area contributed by atoms with E-state index >= 15 is 0 Å². The molecule has 1 fully saturated rings. The molecular weight excluding hydrogens is 370 g/mol. The Labute approximate surface area is 168 Å². The Morgan fingerprint density at radius 3 is 2.68 bits per heavy atom. The zero-order chi connectivity index (χ0) is 19.3. The molecule has 144 valence electrons. The van der Waals surface area contributed by atoms with Gasteiger partial charge in [-0.2, -0.15) is 0 Å². The molecule has 3 heterocycles. The molecule has 7 heteroatoms. The smallest absolute Gasteiger partial charge is 0.322 e. The predicted octanol–water partition coefficient (Wildman–Crippen LogP) is 3.86. The van der Waals surface area contributed by atoms with Crippen molar-refractivity contribution in [2.75, 3.05) is 31.5 Å². The Hall–Kier alpha value is -2.77. The topological polar surface area (TPSA) is 61.4 Å². The lowest BCUT2D eigenvalue weighted by Gasteiger charge is -2.34. The molecule has 2 amide bonds. The van der Waals surface area contributed by atoms with Crippen LogP contribution < -0.4 is 5.32 Å². The Morgan fingerprint density at radius 2 is 1.93 bits per heavy atom. The van der Waals surface area contributed by atoms with Gasteiger partial charge in [0.25, 0.3) is 0 Å². The molecule has 6 nitrogen and oxygen atoms in total. The molecule has 0 aliphatic carbocycles. The van der Waals surface area contributed by atoms with Crippen LogP contribution in [0.5, 0.6) is 0 Å². The number of carbonyl (C=O) groups is 1. The third-order valence-corrected chi connectivity index (χ3v) is 5.71. The van der Waals surface area contributed by atoms with Crippen LogP contribution in [0, 0.1) is 6.92 Å². The number of rotatable bonds is 4. The van der Waals surface area contributed by atoms with Crippen molar-refractivity contribution in [2.45, 2.75) is 13.5 Å². The summed E-state index contributed by atoms with van der Waals surface area (Å²) >= 11 is 1.68. The highest BCUT2D eigenvalue weighted by atomic mass is 32.1. The maximum atomic E-state index is 12.4. The quantitative estimate of drug-likeness (QED) is 0.731. The van der Waals surface area contributed by atoms with E-state index in [0.717, 1.165) is 41.5 Å². The Kier molecular flexibility index (Phi) is 5.64. The predicted molar refractivity (Wildman–Crippen MR) is 112 cm³/mol. The summed E-state index contributed by atoms with van der Waals surface area (Å²) in [5.74, 6) is 0.600. The summed E-state index contributed by atoms with van der Waals surface area (Å²) < 4.78 is 0. The molecule has 2 aromatic heterocycles. The molecule has 0 saturated carbocycles. The van der Waals surface area contributed by atoms with Gasteiger partial charge in [-0.15, -0.1) is 11.3 Å². The van der Waals surface area contributed by atoms with Gasteiger partial charge in [-0.3, -0.25) is 10.2 Å². The van der Waals surface area contributed by atoms with E-state index in [1.165, 1.54) is 0 Å². The van der Waals surface area contributed by atoms with Gasteiger partial charge in [0.1, 0.15) is 10.8 Å². The van der Waals surface area contributed by atoms with Crippen LogP contribution >= 0.6 is 11.3 Å². The van der Waals surface area contributed by atoms with Crippen molar-refractivity contribution in [1.29, 1.82) is 0 Å². The van der Waals surface area contributed by atoms with Crippen LogP contribution in [-0.2, 0) is 6.54 Å². The van der Waals surface area contributed by atoms with Crippen LogP contribution in [0.25, 0.3) is 10.6 Å². The lowest BCUT2D eigenvalue weighted by atomic mass is 10.2. The van der Waals surface area contributed by atoms with E-state index in [1.807, 2.05) is 42.2 Å². The van der Waals surface area contributed by atoms with Crippen LogP contribution in [0.4, 0.5) is 10.6 Å². The van der Waals surface area contributed by atoms with Crippen molar-refractivity contribution < 1.29 is 4.79 Å². The van der Waals surface area contributed by atoms with Crippen LogP contribution in [0.3, 0.4) is 0 Å². The normalized spacial score (nSPS) is 14.8. The van der Waals surface area contributed by atoms with E-state index in [4.69, 9.17) is 4.98 Å². The van der Waals surface area contributed by atoms with Crippen molar-refractivity contribution in [3.05, 3.63) is 65.3 Å². The first kappa shape index (κ1) is 18.6. The number of pyridine rings is 1. The van der Waals surface area contributed by atoms with Gasteiger partial charge >= 0.3 is 6.03 Å². The summed E-state index contributed by atoms with van der Waals surface area (Å²) in [7, 11) is 0. The van der Waals surface area contributed by atoms with E-state index in [-0.39, 0.29) is 6.03 Å². The summed E-state index contributed by atoms with van der Waals surface area (Å²) in [5.41, 5.74) is 3.32. The maximum Gasteiger partial charge on any atom is 0.323 e. The van der Waals surface area contributed by atoms with Crippen molar-refractivity contribution >= 4 is 23.2 Å². The summed E-state index contributed by atoms with van der Waals surface area (Å²) in [6, 6.07) is 14.0. The van der Waals surface area contributed by atoms with Gasteiger partial charge in [-0.05, 0) is 24.6 Å². The van der Waals surface area contributed by atoms with Gasteiger partial charge in [-0.1, -0.05) is 30.3 Å². The van der Waals surface area contributed by atoms with Gasteiger partial charge < -0.3 is 4.90 Å². The minimum atomic E-state index is -0.0854. The van der Waals surface area contributed by atoms with Crippen molar-refractivity contribution in [2.24, 2.45) is 0 Å². The van der Waals surface area contributed by atoms with Gasteiger partial charge in [0.05, 0.1) is 5.69 Å². The number of amides is 2. The fourth-order valence-corrected chi connectivity index (χ4v) is 4.04. The highest BCUT2D eigenvalue weighted by Gasteiger charge is 2.22. The molecule has 0 unspecified atom stereocenters. The molecule has 1 saturated heterocycles. The van der Waals surface area contributed by atoms with Gasteiger partial charge in [0.2, 0.25) is 0 Å². The minimum Gasteiger partial charge on any atom is -0.322 e. The number of piperazine rings is 1. The Bertz CT molecular complexity index is 935. The highest BCUT2D eigenvalue weighted by Crippen LogP contribution is 2.24. The fraction of sp³-hybridized carbons (Fsp3) is 0.286. The first-order chi connectivity index (χ1) is 13.7. The number of nitrogens with zero attached hydrogens (tertiary/aromatic N) is 4. The van der Waals surface area contributed by atoms with Crippen LogP contribution in [0.2, 0.25) is 0 Å². The van der Waals surface area contributed by atoms with E-state index in [9.17, 15) is 4.79 Å². The second-order valence-corrected chi connectivity index (χ2v) is 7.78. The number of urea groups is 1. The molecule has 1 N–H and O–H groups in total. The number of anilines is 1. The van der Waals surface area contributed by atoms with Crippen molar-refractivity contribution in [3.63, 3.8) is 0 Å². The largest absolute Gasteiger partial charge is 0.323 e. The Morgan fingerprint density at radius 1 is 1.14 bits per heavy atom. The number of aromatic nitrogens is 2. The number of nitrogens with one attached hydrogen (secondary N) is 1. The Balaban J connectivity index is 1.28. The molecule has 0 radical (unpaired) electrons. The summed E-state index contributed by atoms with van der Waals surface area (Å²) in [4.78, 5) is 25.6. The number of carbonyl (C=O) groups excluding carboxylic acids is 1. The first-order valence-electron chi connectivity index (χ1n) is 9.38. The highest BCUT2D eigenvalue weighted by molar-refractivity contribution is 7.13. The molecule has 1 aromatic carbocycles. The molecule has 1 aliphatic heterocycles. The molecular formula is C21H23N5OS. The lowest BCUT2D eigenvalue weighted by molar-refractivity contribution is 0.142. The number of hydrogen-bond acceptors (Lipinski definition) is 5. The summed E-state index contributed by atoms with van der Waals surface area (Å²) in [6.45, 7) is 5.89. The van der Waals surface area contributed by atoms with Gasteiger partial charge in [-0.25, -0.2) is 14.8 Å². The number of thiazole rings is 1. The van der Waals surface area contributed by atoms with Crippen LogP contribution in [0.1, 0.15) is 11.3 Å². The monoisotopic (exact) mass is 393 g/mol. The molecule has 0 spiro atoms. The van der Waals surface area contributed by atoms with Crippen molar-refractivity contribution in [1.82, 2.24) is 19.8 Å². The van der Waals surface area contributed by atoms with Gasteiger partial charge in [0, 0.05) is 49.9 Å². The molecule has 28 heavy (non-hydrogen) atoms. The zero-order valence-corrected chi connectivity index (χ0v) is 16.7. The SMILES string of the molecule is Cc1ccnc(NC(=O)N2CCN(Cc3csc(-c4ccccc4)n3)CC2)c1. The average molecular weight is 394 g/mol. The van der Waals surface area contributed by atoms with E-state index in [2.05, 4.69) is 32.7 Å². The molecule has 4 rings (SSSR count). The maximum absolute atomic E-state index is 12.4. The number of aryl methyl sites for hydroxylation is 1. The molecule has 1 aliphatic rings. The third-order valence-electron chi connectivity index (χ3n) is 4.77. The third kappa shape index (κ3) is 4.55. The minimum absolute atomic E-state index is 0.0854. The second kappa shape index (κ2) is 8.50. The average Bonchev–Trinajstić information content (AvgIpc) is 3.18. The zero-order valence-electron chi connectivity index (χ0n) is 15.8. The fourth-order valence-electron chi connectivity index (χ4n) is 3.22. The molecule has 3 aromatic rings. The summed E-state index contributed by atoms with van der Waals surface area (Å²) in [5, 5.41) is 6.07. The van der Waals surface area contributed by atoms with Crippen LogP contribution in [-0.4, -0.2) is 52.0 Å². The van der Waals surface area contributed by atoms with Gasteiger partial charge in [0.15, 0.2) is 0 Å². The second-order valence-electron chi connectivity index (χ2n) is 6.92. The van der Waals surface area contributed by atoms with E-state index in [0.29, 0.717) is 18.9 Å². The van der Waals surface area contributed by atoms with Crippen molar-refractivity contribution in [3.8, 4) is 10.6 Å². The molecule has 0 atom stereocenters. The molecule has 0 bridgehead atoms. The van der Waals surface area contributed by atoms with Crippen LogP contribution in [0.15, 0.2) is 54.0 Å². The standard InChI is InChI=1S/C21H23N5OS/c1-16-7-8-22-19(13-16)24-21(27)26-11-9-25(10-12-26)14-18-15-28-20(23-18)17-5-3-2-4-6-17/h2-8,13,15H,9-12,14H2,1H3,(H,22,24,27). The van der Waals surface area contributed by atoms with E-state index in [1.54, 1.807) is 17.5 Å². The van der Waals surface area contributed by atoms with E-state index < -0.39 is 0 Å². The lowest BCUT2D eigenvalue weighted by Crippen LogP contribution is -2.49. The first-order valence-corrected chi connectivity index (χ1v) is 10.3. The number of hydrogen-bond donors (Lipinski definition) is 1.